The van der Waals surface area contributed by atoms with Crippen molar-refractivity contribution in [1.82, 2.24) is 5.32 Å². The Morgan fingerprint density at radius 3 is 2.42 bits per heavy atom. The van der Waals surface area contributed by atoms with Crippen molar-refractivity contribution < 1.29 is 9.47 Å². The van der Waals surface area contributed by atoms with Crippen molar-refractivity contribution in [1.29, 1.82) is 0 Å². The Hall–Kier alpha value is -0.900. The van der Waals surface area contributed by atoms with Gasteiger partial charge in [-0.2, -0.15) is 0 Å². The summed E-state index contributed by atoms with van der Waals surface area (Å²) < 4.78 is 11.1. The van der Waals surface area contributed by atoms with Crippen LogP contribution in [-0.2, 0) is 9.47 Å². The summed E-state index contributed by atoms with van der Waals surface area (Å²) in [6.45, 7) is 9.21. The molecule has 0 heterocycles. The van der Waals surface area contributed by atoms with E-state index in [9.17, 15) is 0 Å². The summed E-state index contributed by atoms with van der Waals surface area (Å²) in [5.74, 6) is 0. The topological polar surface area (TPSA) is 30.5 Å². The van der Waals surface area contributed by atoms with Gasteiger partial charge in [0.1, 0.15) is 0 Å². The van der Waals surface area contributed by atoms with E-state index in [2.05, 4.69) is 44.3 Å². The van der Waals surface area contributed by atoms with Gasteiger partial charge in [-0.3, -0.25) is 0 Å². The number of benzene rings is 1. The molecular weight excluding hydrogens is 238 g/mol. The Labute approximate surface area is 117 Å². The smallest absolute Gasteiger partial charge is 0.0701 e. The second kappa shape index (κ2) is 9.08. The van der Waals surface area contributed by atoms with E-state index >= 15 is 0 Å². The molecule has 0 bridgehead atoms. The molecule has 0 saturated carbocycles. The van der Waals surface area contributed by atoms with E-state index in [-0.39, 0.29) is 6.04 Å². The molecule has 3 heteroatoms. The SMILES string of the molecule is CCCOCCOCC(NC)c1ccc(C)c(C)c1. The van der Waals surface area contributed by atoms with E-state index in [1.807, 2.05) is 7.05 Å². The highest BCUT2D eigenvalue weighted by Crippen LogP contribution is 2.17. The minimum atomic E-state index is 0.241. The van der Waals surface area contributed by atoms with E-state index in [1.165, 1.54) is 16.7 Å². The molecule has 0 spiro atoms. The lowest BCUT2D eigenvalue weighted by Gasteiger charge is -2.18. The second-order valence-corrected chi connectivity index (χ2v) is 4.87. The normalized spacial score (nSPS) is 12.6. The fourth-order valence-corrected chi connectivity index (χ4v) is 1.89. The number of aryl methyl sites for hydroxylation is 2. The average molecular weight is 265 g/mol. The van der Waals surface area contributed by atoms with E-state index in [0.29, 0.717) is 19.8 Å². The molecule has 1 aromatic carbocycles. The van der Waals surface area contributed by atoms with Crippen molar-refractivity contribution in [3.8, 4) is 0 Å². The predicted molar refractivity (Wildman–Crippen MR) is 79.6 cm³/mol. The summed E-state index contributed by atoms with van der Waals surface area (Å²) in [4.78, 5) is 0. The Bertz CT molecular complexity index is 366. The molecule has 3 nitrogen and oxygen atoms in total. The van der Waals surface area contributed by atoms with Crippen molar-refractivity contribution in [3.05, 3.63) is 34.9 Å². The molecule has 1 aromatic rings. The van der Waals surface area contributed by atoms with Crippen molar-refractivity contribution in [2.45, 2.75) is 33.2 Å². The minimum Gasteiger partial charge on any atom is -0.379 e. The van der Waals surface area contributed by atoms with Gasteiger partial charge in [-0.15, -0.1) is 0 Å². The van der Waals surface area contributed by atoms with E-state index < -0.39 is 0 Å². The predicted octanol–water partition coefficient (Wildman–Crippen LogP) is 3.01. The number of ether oxygens (including phenoxy) is 2. The minimum absolute atomic E-state index is 0.241. The lowest BCUT2D eigenvalue weighted by atomic mass is 10.0. The van der Waals surface area contributed by atoms with E-state index in [0.717, 1.165) is 13.0 Å². The van der Waals surface area contributed by atoms with Crippen molar-refractivity contribution in [2.75, 3.05) is 33.5 Å². The van der Waals surface area contributed by atoms with Crippen LogP contribution >= 0.6 is 0 Å². The third-order valence-corrected chi connectivity index (χ3v) is 3.29. The van der Waals surface area contributed by atoms with E-state index in [4.69, 9.17) is 9.47 Å². The number of rotatable bonds is 9. The highest BCUT2D eigenvalue weighted by atomic mass is 16.5. The number of nitrogens with one attached hydrogen (secondary N) is 1. The Morgan fingerprint density at radius 1 is 1.05 bits per heavy atom. The Morgan fingerprint density at radius 2 is 1.79 bits per heavy atom. The van der Waals surface area contributed by atoms with Crippen molar-refractivity contribution in [3.63, 3.8) is 0 Å². The fraction of sp³-hybridized carbons (Fsp3) is 0.625. The number of hydrogen-bond donors (Lipinski definition) is 1. The monoisotopic (exact) mass is 265 g/mol. The summed E-state index contributed by atoms with van der Waals surface area (Å²) in [6, 6.07) is 6.80. The Kier molecular flexibility index (Phi) is 7.72. The fourth-order valence-electron chi connectivity index (χ4n) is 1.89. The lowest BCUT2D eigenvalue weighted by Crippen LogP contribution is -2.23. The molecule has 1 rings (SSSR count). The lowest BCUT2D eigenvalue weighted by molar-refractivity contribution is 0.0399. The van der Waals surface area contributed by atoms with Gasteiger partial charge in [0.25, 0.3) is 0 Å². The van der Waals surface area contributed by atoms with Gasteiger partial charge >= 0.3 is 0 Å². The summed E-state index contributed by atoms with van der Waals surface area (Å²) in [5.41, 5.74) is 3.93. The maximum atomic E-state index is 5.67. The molecule has 0 aliphatic heterocycles. The molecule has 108 valence electrons. The Balaban J connectivity index is 2.38. The van der Waals surface area contributed by atoms with Crippen molar-refractivity contribution >= 4 is 0 Å². The number of likely N-dealkylation sites (N-methyl/N-ethyl adjacent to an activating group) is 1. The van der Waals surface area contributed by atoms with Crippen LogP contribution in [0, 0.1) is 13.8 Å². The van der Waals surface area contributed by atoms with Crippen LogP contribution in [0.3, 0.4) is 0 Å². The maximum Gasteiger partial charge on any atom is 0.0701 e. The molecule has 0 amide bonds. The first kappa shape index (κ1) is 16.2. The second-order valence-electron chi connectivity index (χ2n) is 4.87. The van der Waals surface area contributed by atoms with Gasteiger partial charge < -0.3 is 14.8 Å². The first-order chi connectivity index (χ1) is 9.19. The van der Waals surface area contributed by atoms with Gasteiger partial charge in [-0.1, -0.05) is 25.1 Å². The van der Waals surface area contributed by atoms with Crippen LogP contribution < -0.4 is 5.32 Å². The van der Waals surface area contributed by atoms with Crippen molar-refractivity contribution in [2.24, 2.45) is 0 Å². The zero-order chi connectivity index (χ0) is 14.1. The van der Waals surface area contributed by atoms with Crippen LogP contribution in [0.15, 0.2) is 18.2 Å². The zero-order valence-electron chi connectivity index (χ0n) is 12.7. The van der Waals surface area contributed by atoms with E-state index in [1.54, 1.807) is 0 Å². The van der Waals surface area contributed by atoms with Gasteiger partial charge in [-0.25, -0.2) is 0 Å². The quantitative estimate of drug-likeness (QED) is 0.696. The highest BCUT2D eigenvalue weighted by molar-refractivity contribution is 5.31. The van der Waals surface area contributed by atoms with Gasteiger partial charge in [-0.05, 0) is 44.0 Å². The molecule has 1 N–H and O–H groups in total. The summed E-state index contributed by atoms with van der Waals surface area (Å²) in [6.07, 6.45) is 1.06. The average Bonchev–Trinajstić information content (AvgIpc) is 2.41. The maximum absolute atomic E-state index is 5.67. The molecule has 19 heavy (non-hydrogen) atoms. The first-order valence-corrected chi connectivity index (χ1v) is 7.09. The van der Waals surface area contributed by atoms with Crippen LogP contribution in [0.4, 0.5) is 0 Å². The van der Waals surface area contributed by atoms with Crippen LogP contribution in [-0.4, -0.2) is 33.5 Å². The van der Waals surface area contributed by atoms with Gasteiger partial charge in [0.05, 0.1) is 25.9 Å². The molecule has 0 radical (unpaired) electrons. The summed E-state index contributed by atoms with van der Waals surface area (Å²) in [7, 11) is 1.97. The third-order valence-electron chi connectivity index (χ3n) is 3.29. The van der Waals surface area contributed by atoms with Gasteiger partial charge in [0, 0.05) is 6.61 Å². The third kappa shape index (κ3) is 5.72. The summed E-state index contributed by atoms with van der Waals surface area (Å²) in [5, 5.41) is 3.30. The summed E-state index contributed by atoms with van der Waals surface area (Å²) >= 11 is 0. The van der Waals surface area contributed by atoms with Crippen LogP contribution in [0.1, 0.15) is 36.1 Å². The highest BCUT2D eigenvalue weighted by Gasteiger charge is 2.09. The molecule has 1 atom stereocenters. The molecular formula is C16H27NO2. The van der Waals surface area contributed by atoms with Gasteiger partial charge in [0.15, 0.2) is 0 Å². The standard InChI is InChI=1S/C16H27NO2/c1-5-8-18-9-10-19-12-16(17-4)15-7-6-13(2)14(3)11-15/h6-7,11,16-17H,5,8-10,12H2,1-4H3. The molecule has 0 saturated heterocycles. The number of hydrogen-bond acceptors (Lipinski definition) is 3. The molecule has 0 fully saturated rings. The molecule has 0 aliphatic carbocycles. The van der Waals surface area contributed by atoms with Crippen LogP contribution in [0.2, 0.25) is 0 Å². The molecule has 1 unspecified atom stereocenters. The first-order valence-electron chi connectivity index (χ1n) is 7.09. The zero-order valence-corrected chi connectivity index (χ0v) is 12.7. The van der Waals surface area contributed by atoms with Gasteiger partial charge in [0.2, 0.25) is 0 Å². The molecule has 0 aliphatic rings. The van der Waals surface area contributed by atoms with Crippen LogP contribution in [0.25, 0.3) is 0 Å². The molecule has 0 aromatic heterocycles. The largest absolute Gasteiger partial charge is 0.379 e. The van der Waals surface area contributed by atoms with Crippen LogP contribution in [0.5, 0.6) is 0 Å².